The van der Waals surface area contributed by atoms with E-state index in [4.69, 9.17) is 23.7 Å². The quantitative estimate of drug-likeness (QED) is 0.312. The molecule has 0 unspecified atom stereocenters. The van der Waals surface area contributed by atoms with Crippen LogP contribution in [-0.2, 0) is 33.3 Å². The summed E-state index contributed by atoms with van der Waals surface area (Å²) in [6.07, 6.45) is 7.88. The number of esters is 1. The van der Waals surface area contributed by atoms with Crippen molar-refractivity contribution in [1.82, 2.24) is 0 Å². The number of hydrogen-bond acceptors (Lipinski definition) is 9. The summed E-state index contributed by atoms with van der Waals surface area (Å²) in [5.41, 5.74) is -2.44. The molecule has 9 heteroatoms. The molecular weight excluding hydrogens is 504 g/mol. The summed E-state index contributed by atoms with van der Waals surface area (Å²) in [6, 6.07) is 0. The molecule has 0 bridgehead atoms. The van der Waals surface area contributed by atoms with Gasteiger partial charge in [0.05, 0.1) is 34.9 Å². The Morgan fingerprint density at radius 3 is 2.64 bits per heavy atom. The van der Waals surface area contributed by atoms with E-state index in [1.54, 1.807) is 6.08 Å². The summed E-state index contributed by atoms with van der Waals surface area (Å²) in [5.74, 6) is -0.371. The molecule has 0 spiro atoms. The first kappa shape index (κ1) is 26.5. The maximum atomic E-state index is 13.0. The normalized spacial score (nSPS) is 54.7. The van der Waals surface area contributed by atoms with E-state index in [0.29, 0.717) is 45.1 Å². The highest BCUT2D eigenvalue weighted by Gasteiger charge is 2.71. The van der Waals surface area contributed by atoms with Gasteiger partial charge in [0.1, 0.15) is 25.8 Å². The van der Waals surface area contributed by atoms with Gasteiger partial charge in [0.2, 0.25) is 0 Å². The van der Waals surface area contributed by atoms with Crippen LogP contribution in [-0.4, -0.2) is 77.8 Å². The lowest BCUT2D eigenvalue weighted by atomic mass is 9.41. The van der Waals surface area contributed by atoms with E-state index in [-0.39, 0.29) is 60.3 Å². The first-order valence-electron chi connectivity index (χ1n) is 14.9. The van der Waals surface area contributed by atoms with Crippen LogP contribution in [0.25, 0.3) is 0 Å². The average Bonchev–Trinajstić information content (AvgIpc) is 3.61. The lowest BCUT2D eigenvalue weighted by Gasteiger charge is -2.65. The maximum absolute atomic E-state index is 13.0. The standard InChI is InChI=1S/C30H42O9/c1-17-11-23-25(37-16-36-23)26(38-17)39-19-3-8-28(15-31)21-4-7-27(2)20(18-12-24(32)35-14-18)6-10-30(27,34)22(21)5-9-29(28,33)13-19/h12,15,17,19-23,25-26,33-34H,3-11,13-14,16H2,1-2H3/t17-,19+,20-,21+,22-,23-,25-,26+,27-,28+,29+,30+/m1/s1. The molecule has 216 valence electrons. The van der Waals surface area contributed by atoms with Crippen molar-refractivity contribution in [2.45, 2.75) is 120 Å². The first-order valence-corrected chi connectivity index (χ1v) is 14.9. The zero-order valence-electron chi connectivity index (χ0n) is 23.0. The van der Waals surface area contributed by atoms with Crippen LogP contribution in [0.15, 0.2) is 11.6 Å². The number of rotatable bonds is 4. The number of cyclic esters (lactones) is 1. The van der Waals surface area contributed by atoms with Gasteiger partial charge in [0, 0.05) is 24.3 Å². The van der Waals surface area contributed by atoms with E-state index in [1.807, 2.05) is 6.92 Å². The molecule has 6 fully saturated rings. The van der Waals surface area contributed by atoms with E-state index < -0.39 is 22.9 Å². The fourth-order valence-corrected chi connectivity index (χ4v) is 10.3. The van der Waals surface area contributed by atoms with Crippen molar-refractivity contribution >= 4 is 12.3 Å². The Kier molecular flexibility index (Phi) is 6.17. The summed E-state index contributed by atoms with van der Waals surface area (Å²) < 4.78 is 29.2. The van der Waals surface area contributed by atoms with Gasteiger partial charge < -0.3 is 38.7 Å². The Labute approximate surface area is 229 Å². The first-order chi connectivity index (χ1) is 18.6. The lowest BCUT2D eigenvalue weighted by Crippen LogP contribution is -2.69. The van der Waals surface area contributed by atoms with E-state index >= 15 is 0 Å². The average molecular weight is 547 g/mol. The molecule has 7 rings (SSSR count). The summed E-state index contributed by atoms with van der Waals surface area (Å²) in [6.45, 7) is 4.72. The van der Waals surface area contributed by atoms with Crippen LogP contribution >= 0.6 is 0 Å². The molecule has 3 aliphatic heterocycles. The molecule has 2 N–H and O–H groups in total. The molecule has 0 aromatic carbocycles. The van der Waals surface area contributed by atoms with Crippen LogP contribution in [0.3, 0.4) is 0 Å². The Morgan fingerprint density at radius 1 is 1.05 bits per heavy atom. The number of carbonyl (C=O) groups excluding carboxylic acids is 2. The monoisotopic (exact) mass is 546 g/mol. The van der Waals surface area contributed by atoms with E-state index in [9.17, 15) is 19.8 Å². The Balaban J connectivity index is 1.12. The van der Waals surface area contributed by atoms with Gasteiger partial charge in [-0.2, -0.15) is 0 Å². The van der Waals surface area contributed by atoms with Crippen molar-refractivity contribution < 1.29 is 43.5 Å². The van der Waals surface area contributed by atoms with E-state index in [2.05, 4.69) is 6.92 Å². The van der Waals surface area contributed by atoms with Crippen molar-refractivity contribution in [2.75, 3.05) is 13.4 Å². The largest absolute Gasteiger partial charge is 0.458 e. The summed E-state index contributed by atoms with van der Waals surface area (Å²) in [5, 5.41) is 24.6. The van der Waals surface area contributed by atoms with Crippen molar-refractivity contribution in [3.05, 3.63) is 11.6 Å². The topological polar surface area (TPSA) is 121 Å². The lowest BCUT2D eigenvalue weighted by molar-refractivity contribution is -0.287. The zero-order valence-corrected chi connectivity index (χ0v) is 23.0. The minimum absolute atomic E-state index is 0.00802. The fraction of sp³-hybridized carbons (Fsp3) is 0.867. The van der Waals surface area contributed by atoms with Gasteiger partial charge in [0.25, 0.3) is 0 Å². The number of ether oxygens (including phenoxy) is 5. The van der Waals surface area contributed by atoms with Crippen LogP contribution < -0.4 is 0 Å². The Hall–Kier alpha value is -1.36. The molecule has 3 heterocycles. The van der Waals surface area contributed by atoms with Crippen LogP contribution in [0.2, 0.25) is 0 Å². The van der Waals surface area contributed by atoms with Gasteiger partial charge in [-0.15, -0.1) is 0 Å². The third kappa shape index (κ3) is 3.66. The minimum atomic E-state index is -1.19. The summed E-state index contributed by atoms with van der Waals surface area (Å²) in [4.78, 5) is 24.9. The van der Waals surface area contributed by atoms with Gasteiger partial charge in [-0.25, -0.2) is 4.79 Å². The highest BCUT2D eigenvalue weighted by Crippen LogP contribution is 2.70. The third-order valence-electron chi connectivity index (χ3n) is 12.3. The van der Waals surface area contributed by atoms with Crippen molar-refractivity contribution in [3.8, 4) is 0 Å². The summed E-state index contributed by atoms with van der Waals surface area (Å²) >= 11 is 0. The molecule has 0 amide bonds. The predicted octanol–water partition coefficient (Wildman–Crippen LogP) is 2.80. The van der Waals surface area contributed by atoms with E-state index in [0.717, 1.165) is 37.5 Å². The third-order valence-corrected chi connectivity index (χ3v) is 12.3. The molecule has 4 saturated carbocycles. The highest BCUT2D eigenvalue weighted by molar-refractivity contribution is 5.85. The van der Waals surface area contributed by atoms with Gasteiger partial charge in [0.15, 0.2) is 6.29 Å². The van der Waals surface area contributed by atoms with Crippen LogP contribution in [0.1, 0.15) is 78.1 Å². The van der Waals surface area contributed by atoms with Crippen molar-refractivity contribution in [3.63, 3.8) is 0 Å². The number of carbonyl (C=O) groups is 2. The second-order valence-corrected chi connectivity index (χ2v) is 13.7. The maximum Gasteiger partial charge on any atom is 0.331 e. The zero-order chi connectivity index (χ0) is 27.2. The van der Waals surface area contributed by atoms with Crippen molar-refractivity contribution in [2.24, 2.45) is 28.6 Å². The van der Waals surface area contributed by atoms with Gasteiger partial charge in [-0.05, 0) is 81.6 Å². The number of fused-ring (bicyclic) bond motifs is 6. The SMILES string of the molecule is C[C@@H]1C[C@H]2OCO[C@H]2[C@H](O[C@H]2CC[C@]3(C=O)[C@H]4CC[C@]5(C)[C@@H](C6=CC(=O)OC6)CC[C@]5(O)[C@@H]4CC[C@]3(O)C2)O1. The molecular formula is C30H42O9. The molecule has 2 saturated heterocycles. The minimum Gasteiger partial charge on any atom is -0.458 e. The Bertz CT molecular complexity index is 1060. The van der Waals surface area contributed by atoms with Crippen LogP contribution in [0, 0.1) is 28.6 Å². The second-order valence-electron chi connectivity index (χ2n) is 13.7. The number of hydrogen-bond donors (Lipinski definition) is 2. The number of aldehydes is 1. The Morgan fingerprint density at radius 2 is 1.87 bits per heavy atom. The molecule has 12 atom stereocenters. The smallest absolute Gasteiger partial charge is 0.331 e. The van der Waals surface area contributed by atoms with E-state index in [1.165, 1.54) is 0 Å². The fourth-order valence-electron chi connectivity index (χ4n) is 10.3. The van der Waals surface area contributed by atoms with Gasteiger partial charge in [-0.3, -0.25) is 0 Å². The second kappa shape index (κ2) is 9.07. The molecule has 39 heavy (non-hydrogen) atoms. The highest BCUT2D eigenvalue weighted by atomic mass is 16.8. The molecule has 7 aliphatic rings. The predicted molar refractivity (Wildman–Crippen MR) is 136 cm³/mol. The molecule has 0 radical (unpaired) electrons. The van der Waals surface area contributed by atoms with Crippen LogP contribution in [0.5, 0.6) is 0 Å². The van der Waals surface area contributed by atoms with Gasteiger partial charge in [-0.1, -0.05) is 6.92 Å². The molecule has 9 nitrogen and oxygen atoms in total. The van der Waals surface area contributed by atoms with Crippen molar-refractivity contribution in [1.29, 1.82) is 0 Å². The van der Waals surface area contributed by atoms with Gasteiger partial charge >= 0.3 is 5.97 Å². The number of aliphatic hydroxyl groups is 2. The molecule has 0 aromatic heterocycles. The molecule has 0 aromatic rings. The molecule has 4 aliphatic carbocycles. The van der Waals surface area contributed by atoms with Crippen LogP contribution in [0.4, 0.5) is 0 Å². The summed E-state index contributed by atoms with van der Waals surface area (Å²) in [7, 11) is 0.